The number of piperidine rings is 1. The molecule has 5 heteroatoms. The summed E-state index contributed by atoms with van der Waals surface area (Å²) in [5.74, 6) is 0.873. The maximum atomic E-state index is 11.9. The van der Waals surface area contributed by atoms with Crippen molar-refractivity contribution in [1.29, 1.82) is 0 Å². The third-order valence-corrected chi connectivity index (χ3v) is 3.22. The Labute approximate surface area is 106 Å². The van der Waals surface area contributed by atoms with Gasteiger partial charge in [-0.1, -0.05) is 0 Å². The van der Waals surface area contributed by atoms with Crippen LogP contribution < -0.4 is 5.32 Å². The third-order valence-electron chi connectivity index (χ3n) is 3.22. The number of nitrogens with one attached hydrogen (secondary N) is 1. The fourth-order valence-corrected chi connectivity index (χ4v) is 2.10. The molecule has 1 aliphatic heterocycles. The summed E-state index contributed by atoms with van der Waals surface area (Å²) in [5.41, 5.74) is 0. The van der Waals surface area contributed by atoms with E-state index in [9.17, 15) is 9.59 Å². The van der Waals surface area contributed by atoms with Crippen molar-refractivity contribution in [2.45, 2.75) is 32.4 Å². The lowest BCUT2D eigenvalue weighted by molar-refractivity contribution is -0.129. The number of carbonyl (C=O) groups excluding carboxylic acids is 2. The smallest absolute Gasteiger partial charge is 0.237 e. The summed E-state index contributed by atoms with van der Waals surface area (Å²) in [4.78, 5) is 25.2. The highest BCUT2D eigenvalue weighted by molar-refractivity contribution is 5.84. The van der Waals surface area contributed by atoms with Crippen molar-refractivity contribution in [2.24, 2.45) is 0 Å². The van der Waals surface area contributed by atoms with Gasteiger partial charge in [0, 0.05) is 6.42 Å². The van der Waals surface area contributed by atoms with Gasteiger partial charge in [-0.15, -0.1) is 0 Å². The van der Waals surface area contributed by atoms with Gasteiger partial charge in [0.1, 0.15) is 11.5 Å². The van der Waals surface area contributed by atoms with Crippen LogP contribution in [0.5, 0.6) is 0 Å². The van der Waals surface area contributed by atoms with E-state index in [0.29, 0.717) is 19.5 Å². The molecule has 1 atom stereocenters. The number of hydrogen-bond donors (Lipinski definition) is 1. The summed E-state index contributed by atoms with van der Waals surface area (Å²) in [5, 5.41) is 2.81. The number of furan rings is 1. The van der Waals surface area contributed by atoms with Gasteiger partial charge in [0.05, 0.1) is 25.4 Å². The van der Waals surface area contributed by atoms with Crippen LogP contribution >= 0.6 is 0 Å². The van der Waals surface area contributed by atoms with Crippen molar-refractivity contribution in [1.82, 2.24) is 10.2 Å². The van der Waals surface area contributed by atoms with Gasteiger partial charge >= 0.3 is 0 Å². The highest BCUT2D eigenvalue weighted by atomic mass is 16.3. The number of likely N-dealkylation sites (tertiary alicyclic amines) is 1. The number of Topliss-reactive ketones (excluding diaryl/α,β-unsaturated/α-hetero) is 1. The molecule has 98 valence electrons. The predicted octanol–water partition coefficient (Wildman–Crippen LogP) is 0.949. The van der Waals surface area contributed by atoms with E-state index in [4.69, 9.17) is 4.42 Å². The van der Waals surface area contributed by atoms with Crippen LogP contribution in [0.25, 0.3) is 0 Å². The zero-order chi connectivity index (χ0) is 13.0. The van der Waals surface area contributed by atoms with Crippen LogP contribution in [0.3, 0.4) is 0 Å². The molecular formula is C13H18N2O3. The van der Waals surface area contributed by atoms with E-state index in [-0.39, 0.29) is 17.7 Å². The molecule has 5 nitrogen and oxygen atoms in total. The van der Waals surface area contributed by atoms with Crippen molar-refractivity contribution in [3.05, 3.63) is 24.2 Å². The van der Waals surface area contributed by atoms with Gasteiger partial charge in [0.25, 0.3) is 0 Å². The lowest BCUT2D eigenvalue weighted by Crippen LogP contribution is -2.49. The van der Waals surface area contributed by atoms with Crippen molar-refractivity contribution < 1.29 is 14.0 Å². The summed E-state index contributed by atoms with van der Waals surface area (Å²) >= 11 is 0. The van der Waals surface area contributed by atoms with Gasteiger partial charge < -0.3 is 9.73 Å². The maximum absolute atomic E-state index is 11.9. The number of carbonyl (C=O) groups is 2. The average Bonchev–Trinajstić information content (AvgIpc) is 2.88. The molecule has 1 aromatic rings. The van der Waals surface area contributed by atoms with Crippen molar-refractivity contribution in [3.63, 3.8) is 0 Å². The fourth-order valence-electron chi connectivity index (χ4n) is 2.10. The molecule has 0 bridgehead atoms. The standard InChI is InChI=1S/C13H18N2O3/c1-10(15-6-2-4-11(16)9-15)13(17)14-8-12-5-3-7-18-12/h3,5,7,10H,2,4,6,8-9H2,1H3,(H,14,17). The van der Waals surface area contributed by atoms with E-state index >= 15 is 0 Å². The summed E-state index contributed by atoms with van der Waals surface area (Å²) in [7, 11) is 0. The summed E-state index contributed by atoms with van der Waals surface area (Å²) < 4.78 is 5.14. The first-order valence-corrected chi connectivity index (χ1v) is 6.22. The Kier molecular flexibility index (Phi) is 4.15. The third kappa shape index (κ3) is 3.20. The normalized spacial score (nSPS) is 18.6. The van der Waals surface area contributed by atoms with Gasteiger partial charge in [0.2, 0.25) is 5.91 Å². The molecule has 1 fully saturated rings. The molecular weight excluding hydrogens is 232 g/mol. The van der Waals surface area contributed by atoms with Gasteiger partial charge in [-0.05, 0) is 32.0 Å². The Morgan fingerprint density at radius 1 is 1.61 bits per heavy atom. The Morgan fingerprint density at radius 3 is 3.11 bits per heavy atom. The average molecular weight is 250 g/mol. The quantitative estimate of drug-likeness (QED) is 0.864. The summed E-state index contributed by atoms with van der Waals surface area (Å²) in [6.45, 7) is 3.41. The summed E-state index contributed by atoms with van der Waals surface area (Å²) in [6, 6.07) is 3.33. The molecule has 18 heavy (non-hydrogen) atoms. The second kappa shape index (κ2) is 5.82. The topological polar surface area (TPSA) is 62.6 Å². The number of rotatable bonds is 4. The van der Waals surface area contributed by atoms with Crippen molar-refractivity contribution in [2.75, 3.05) is 13.1 Å². The van der Waals surface area contributed by atoms with Crippen LogP contribution in [-0.2, 0) is 16.1 Å². The monoisotopic (exact) mass is 250 g/mol. The highest BCUT2D eigenvalue weighted by Gasteiger charge is 2.25. The van der Waals surface area contributed by atoms with Gasteiger partial charge in [-0.25, -0.2) is 0 Å². The van der Waals surface area contributed by atoms with Crippen LogP contribution in [0.2, 0.25) is 0 Å². The summed E-state index contributed by atoms with van der Waals surface area (Å²) in [6.07, 6.45) is 3.06. The predicted molar refractivity (Wildman–Crippen MR) is 65.8 cm³/mol. The molecule has 1 unspecified atom stereocenters. The second-order valence-electron chi connectivity index (χ2n) is 4.59. The van der Waals surface area contributed by atoms with E-state index in [1.807, 2.05) is 17.9 Å². The number of hydrogen-bond acceptors (Lipinski definition) is 4. The Balaban J connectivity index is 1.82. The molecule has 0 spiro atoms. The van der Waals surface area contributed by atoms with Gasteiger partial charge in [-0.3, -0.25) is 14.5 Å². The minimum absolute atomic E-state index is 0.0684. The minimum atomic E-state index is -0.274. The van der Waals surface area contributed by atoms with E-state index in [1.54, 1.807) is 12.3 Å². The van der Waals surface area contributed by atoms with E-state index in [0.717, 1.165) is 18.7 Å². The maximum Gasteiger partial charge on any atom is 0.237 e. The first-order valence-electron chi connectivity index (χ1n) is 6.22. The lowest BCUT2D eigenvalue weighted by atomic mass is 10.1. The van der Waals surface area contributed by atoms with Crippen LogP contribution in [0.4, 0.5) is 0 Å². The van der Waals surface area contributed by atoms with Crippen LogP contribution in [-0.4, -0.2) is 35.7 Å². The van der Waals surface area contributed by atoms with Gasteiger partial charge in [-0.2, -0.15) is 0 Å². The number of ketones is 1. The molecule has 1 amide bonds. The Hall–Kier alpha value is -1.62. The zero-order valence-corrected chi connectivity index (χ0v) is 10.5. The molecule has 2 heterocycles. The molecule has 0 radical (unpaired) electrons. The SMILES string of the molecule is CC(C(=O)NCc1ccco1)N1CCCC(=O)C1. The number of nitrogens with zero attached hydrogens (tertiary/aromatic N) is 1. The number of amides is 1. The first-order chi connectivity index (χ1) is 8.66. The highest BCUT2D eigenvalue weighted by Crippen LogP contribution is 2.10. The first kappa shape index (κ1) is 12.8. The Morgan fingerprint density at radius 2 is 2.44 bits per heavy atom. The molecule has 1 aromatic heterocycles. The molecule has 1 saturated heterocycles. The molecule has 1 aliphatic rings. The minimum Gasteiger partial charge on any atom is -0.467 e. The van der Waals surface area contributed by atoms with E-state index in [2.05, 4.69) is 5.32 Å². The molecule has 2 rings (SSSR count). The molecule has 0 aliphatic carbocycles. The second-order valence-corrected chi connectivity index (χ2v) is 4.59. The zero-order valence-electron chi connectivity index (χ0n) is 10.5. The fraction of sp³-hybridized carbons (Fsp3) is 0.538. The van der Waals surface area contributed by atoms with Crippen LogP contribution in [0, 0.1) is 0 Å². The lowest BCUT2D eigenvalue weighted by Gasteiger charge is -2.30. The molecule has 0 saturated carbocycles. The van der Waals surface area contributed by atoms with Crippen LogP contribution in [0.1, 0.15) is 25.5 Å². The van der Waals surface area contributed by atoms with E-state index in [1.165, 1.54) is 0 Å². The molecule has 1 N–H and O–H groups in total. The Bertz CT molecular complexity index is 414. The largest absolute Gasteiger partial charge is 0.467 e. The van der Waals surface area contributed by atoms with Crippen LogP contribution in [0.15, 0.2) is 22.8 Å². The van der Waals surface area contributed by atoms with Crippen molar-refractivity contribution >= 4 is 11.7 Å². The van der Waals surface area contributed by atoms with Crippen molar-refractivity contribution in [3.8, 4) is 0 Å². The van der Waals surface area contributed by atoms with E-state index < -0.39 is 0 Å². The molecule has 0 aromatic carbocycles. The van der Waals surface area contributed by atoms with Gasteiger partial charge in [0.15, 0.2) is 0 Å².